The minimum absolute atomic E-state index is 0.0157. The molecule has 1 atom stereocenters. The Kier molecular flexibility index (Phi) is 6.79. The van der Waals surface area contributed by atoms with E-state index in [1.165, 1.54) is 5.56 Å². The zero-order chi connectivity index (χ0) is 18.4. The molecule has 0 aromatic heterocycles. The van der Waals surface area contributed by atoms with Crippen molar-refractivity contribution in [2.75, 3.05) is 53.6 Å². The van der Waals surface area contributed by atoms with Crippen molar-refractivity contribution in [3.05, 3.63) is 34.9 Å². The molecule has 0 amide bonds. The third-order valence-corrected chi connectivity index (χ3v) is 6.01. The number of nitrogens with one attached hydrogen (secondary N) is 1. The second kappa shape index (κ2) is 9.07. The lowest BCUT2D eigenvalue weighted by atomic mass is 9.74. The SMILES string of the molecule is CN=C(NCC1(c2ccccc2Cl)CCOCC1)N1CCC(COC)C1. The molecule has 2 aliphatic heterocycles. The number of nitrogens with zero attached hydrogens (tertiary/aromatic N) is 2. The van der Waals surface area contributed by atoms with Crippen LogP contribution in [0.3, 0.4) is 0 Å². The van der Waals surface area contributed by atoms with Crippen LogP contribution in [-0.4, -0.2) is 64.5 Å². The van der Waals surface area contributed by atoms with Gasteiger partial charge in [0.15, 0.2) is 5.96 Å². The zero-order valence-corrected chi connectivity index (χ0v) is 16.6. The summed E-state index contributed by atoms with van der Waals surface area (Å²) in [4.78, 5) is 6.86. The van der Waals surface area contributed by atoms with E-state index >= 15 is 0 Å². The molecule has 1 aromatic carbocycles. The van der Waals surface area contributed by atoms with Crippen molar-refractivity contribution >= 4 is 17.6 Å². The van der Waals surface area contributed by atoms with Crippen molar-refractivity contribution in [1.82, 2.24) is 10.2 Å². The normalized spacial score (nSPS) is 23.3. The van der Waals surface area contributed by atoms with Gasteiger partial charge in [0, 0.05) is 63.4 Å². The second-order valence-electron chi connectivity index (χ2n) is 7.33. The quantitative estimate of drug-likeness (QED) is 0.631. The molecule has 144 valence electrons. The maximum Gasteiger partial charge on any atom is 0.193 e. The summed E-state index contributed by atoms with van der Waals surface area (Å²) in [6, 6.07) is 8.20. The first-order chi connectivity index (χ1) is 12.7. The van der Waals surface area contributed by atoms with E-state index in [2.05, 4.69) is 27.3 Å². The number of ether oxygens (including phenoxy) is 2. The van der Waals surface area contributed by atoms with Gasteiger partial charge in [0.25, 0.3) is 0 Å². The molecule has 2 fully saturated rings. The Morgan fingerprint density at radius 2 is 2.15 bits per heavy atom. The van der Waals surface area contributed by atoms with Crippen LogP contribution in [0.25, 0.3) is 0 Å². The monoisotopic (exact) mass is 379 g/mol. The number of hydrogen-bond acceptors (Lipinski definition) is 3. The maximum absolute atomic E-state index is 6.55. The number of rotatable bonds is 5. The van der Waals surface area contributed by atoms with Crippen LogP contribution in [0.1, 0.15) is 24.8 Å². The number of hydrogen-bond donors (Lipinski definition) is 1. The molecule has 6 heteroatoms. The third kappa shape index (κ3) is 4.33. The van der Waals surface area contributed by atoms with Gasteiger partial charge >= 0.3 is 0 Å². The van der Waals surface area contributed by atoms with Crippen LogP contribution in [0.15, 0.2) is 29.3 Å². The van der Waals surface area contributed by atoms with Crippen LogP contribution in [-0.2, 0) is 14.9 Å². The van der Waals surface area contributed by atoms with Crippen molar-refractivity contribution in [3.8, 4) is 0 Å². The fraction of sp³-hybridized carbons (Fsp3) is 0.650. The number of methoxy groups -OCH3 is 1. The van der Waals surface area contributed by atoms with Gasteiger partial charge in [-0.05, 0) is 30.9 Å². The third-order valence-electron chi connectivity index (χ3n) is 5.68. The summed E-state index contributed by atoms with van der Waals surface area (Å²) < 4.78 is 10.9. The predicted octanol–water partition coefficient (Wildman–Crippen LogP) is 2.93. The van der Waals surface area contributed by atoms with Crippen LogP contribution in [0.5, 0.6) is 0 Å². The number of guanidine groups is 1. The van der Waals surface area contributed by atoms with Crippen LogP contribution in [0, 0.1) is 5.92 Å². The predicted molar refractivity (Wildman–Crippen MR) is 106 cm³/mol. The smallest absolute Gasteiger partial charge is 0.193 e. The Morgan fingerprint density at radius 3 is 2.85 bits per heavy atom. The first-order valence-electron chi connectivity index (χ1n) is 9.46. The topological polar surface area (TPSA) is 46.1 Å². The van der Waals surface area contributed by atoms with Crippen molar-refractivity contribution in [3.63, 3.8) is 0 Å². The van der Waals surface area contributed by atoms with Gasteiger partial charge in [0.2, 0.25) is 0 Å². The Balaban J connectivity index is 1.71. The van der Waals surface area contributed by atoms with E-state index in [1.807, 2.05) is 19.2 Å². The molecule has 26 heavy (non-hydrogen) atoms. The standard InChI is InChI=1S/C20H30ClN3O2/c1-22-19(24-10-7-16(13-24)14-25-2)23-15-20(8-11-26-12-9-20)17-5-3-4-6-18(17)21/h3-6,16H,7-15H2,1-2H3,(H,22,23). The van der Waals surface area contributed by atoms with Gasteiger partial charge in [-0.25, -0.2) is 0 Å². The van der Waals surface area contributed by atoms with Gasteiger partial charge in [0.1, 0.15) is 0 Å². The molecule has 5 nitrogen and oxygen atoms in total. The molecule has 0 radical (unpaired) electrons. The summed E-state index contributed by atoms with van der Waals surface area (Å²) in [6.45, 7) is 5.19. The molecule has 3 rings (SSSR count). The van der Waals surface area contributed by atoms with Gasteiger partial charge in [0.05, 0.1) is 6.61 Å². The lowest BCUT2D eigenvalue weighted by Gasteiger charge is -2.39. The first kappa shape index (κ1) is 19.5. The molecule has 0 bridgehead atoms. The maximum atomic E-state index is 6.55. The van der Waals surface area contributed by atoms with E-state index in [1.54, 1.807) is 7.11 Å². The van der Waals surface area contributed by atoms with Crippen molar-refractivity contribution in [2.24, 2.45) is 10.9 Å². The number of aliphatic imine (C=N–C) groups is 1. The highest BCUT2D eigenvalue weighted by Crippen LogP contribution is 2.38. The lowest BCUT2D eigenvalue weighted by Crippen LogP contribution is -2.49. The fourth-order valence-corrected chi connectivity index (χ4v) is 4.51. The Labute approximate surface area is 161 Å². The Bertz CT molecular complexity index is 617. The number of likely N-dealkylation sites (tertiary alicyclic amines) is 1. The van der Waals surface area contributed by atoms with Gasteiger partial charge in [-0.1, -0.05) is 29.8 Å². The minimum atomic E-state index is -0.0157. The minimum Gasteiger partial charge on any atom is -0.384 e. The molecule has 2 aliphatic rings. The average molecular weight is 380 g/mol. The van der Waals surface area contributed by atoms with Crippen LogP contribution in [0.4, 0.5) is 0 Å². The van der Waals surface area contributed by atoms with Crippen LogP contribution in [0.2, 0.25) is 5.02 Å². The van der Waals surface area contributed by atoms with Gasteiger partial charge in [-0.3, -0.25) is 4.99 Å². The van der Waals surface area contributed by atoms with E-state index in [9.17, 15) is 0 Å². The molecule has 2 saturated heterocycles. The molecule has 0 spiro atoms. The van der Waals surface area contributed by atoms with Gasteiger partial charge in [-0.2, -0.15) is 0 Å². The molecule has 1 N–H and O–H groups in total. The summed E-state index contributed by atoms with van der Waals surface area (Å²) in [5.74, 6) is 1.56. The van der Waals surface area contributed by atoms with Crippen molar-refractivity contribution in [1.29, 1.82) is 0 Å². The number of benzene rings is 1. The van der Waals surface area contributed by atoms with Crippen LogP contribution < -0.4 is 5.32 Å². The summed E-state index contributed by atoms with van der Waals surface area (Å²) in [5, 5.41) is 4.47. The zero-order valence-electron chi connectivity index (χ0n) is 15.8. The van der Waals surface area contributed by atoms with E-state index < -0.39 is 0 Å². The lowest BCUT2D eigenvalue weighted by molar-refractivity contribution is 0.0512. The highest BCUT2D eigenvalue weighted by Gasteiger charge is 2.36. The van der Waals surface area contributed by atoms with E-state index in [4.69, 9.17) is 21.1 Å². The van der Waals surface area contributed by atoms with Crippen molar-refractivity contribution < 1.29 is 9.47 Å². The van der Waals surface area contributed by atoms with Crippen molar-refractivity contribution in [2.45, 2.75) is 24.7 Å². The van der Waals surface area contributed by atoms with E-state index in [-0.39, 0.29) is 5.41 Å². The molecule has 0 saturated carbocycles. The first-order valence-corrected chi connectivity index (χ1v) is 9.83. The fourth-order valence-electron chi connectivity index (χ4n) is 4.17. The molecule has 1 unspecified atom stereocenters. The second-order valence-corrected chi connectivity index (χ2v) is 7.74. The largest absolute Gasteiger partial charge is 0.384 e. The number of halogens is 1. The summed E-state index contributed by atoms with van der Waals surface area (Å²) >= 11 is 6.55. The van der Waals surface area contributed by atoms with Crippen LogP contribution >= 0.6 is 11.6 Å². The molecule has 0 aliphatic carbocycles. The van der Waals surface area contributed by atoms with Gasteiger partial charge in [-0.15, -0.1) is 0 Å². The highest BCUT2D eigenvalue weighted by molar-refractivity contribution is 6.31. The van der Waals surface area contributed by atoms with E-state index in [0.29, 0.717) is 5.92 Å². The Morgan fingerprint density at radius 1 is 1.38 bits per heavy atom. The molecular weight excluding hydrogens is 350 g/mol. The van der Waals surface area contributed by atoms with Gasteiger partial charge < -0.3 is 19.7 Å². The Hall–Kier alpha value is -1.30. The summed E-state index contributed by atoms with van der Waals surface area (Å²) in [6.07, 6.45) is 3.08. The van der Waals surface area contributed by atoms with E-state index in [0.717, 1.165) is 69.7 Å². The molecule has 1 aromatic rings. The highest BCUT2D eigenvalue weighted by atomic mass is 35.5. The summed E-state index contributed by atoms with van der Waals surface area (Å²) in [5.41, 5.74) is 1.20. The summed E-state index contributed by atoms with van der Waals surface area (Å²) in [7, 11) is 3.63. The average Bonchev–Trinajstić information content (AvgIpc) is 3.12. The molecular formula is C20H30ClN3O2. The molecule has 2 heterocycles.